The molecule has 0 fully saturated rings. The molecule has 4 rings (SSSR count). The van der Waals surface area contributed by atoms with Crippen LogP contribution in [-0.4, -0.2) is 17.6 Å². The Hall–Kier alpha value is -3.38. The summed E-state index contributed by atoms with van der Waals surface area (Å²) < 4.78 is 10.9. The summed E-state index contributed by atoms with van der Waals surface area (Å²) >= 11 is 0. The van der Waals surface area contributed by atoms with E-state index in [1.807, 2.05) is 50.2 Å². The molecule has 6 heteroatoms. The van der Waals surface area contributed by atoms with Crippen LogP contribution in [0.15, 0.2) is 62.4 Å². The van der Waals surface area contributed by atoms with E-state index >= 15 is 0 Å². The van der Waals surface area contributed by atoms with Gasteiger partial charge in [-0.15, -0.1) is 0 Å². The number of amides is 1. The van der Waals surface area contributed by atoms with E-state index in [-0.39, 0.29) is 18.9 Å². The van der Waals surface area contributed by atoms with Crippen LogP contribution in [0, 0.1) is 13.8 Å². The molecule has 0 aliphatic heterocycles. The number of aliphatic hydroxyl groups excluding tert-OH is 1. The lowest BCUT2D eigenvalue weighted by molar-refractivity contribution is -0.121. The van der Waals surface area contributed by atoms with Crippen LogP contribution in [0.2, 0.25) is 0 Å². The van der Waals surface area contributed by atoms with E-state index < -0.39 is 11.7 Å². The van der Waals surface area contributed by atoms with Gasteiger partial charge in [-0.2, -0.15) is 0 Å². The molecule has 2 N–H and O–H groups in total. The van der Waals surface area contributed by atoms with Crippen LogP contribution < -0.4 is 10.9 Å². The monoisotopic (exact) mass is 391 g/mol. The lowest BCUT2D eigenvalue weighted by atomic mass is 10.0. The highest BCUT2D eigenvalue weighted by Gasteiger charge is 2.19. The molecule has 0 saturated heterocycles. The molecule has 2 aromatic carbocycles. The van der Waals surface area contributed by atoms with E-state index in [1.54, 1.807) is 12.3 Å². The maximum Gasteiger partial charge on any atom is 0.340 e. The van der Waals surface area contributed by atoms with Gasteiger partial charge in [-0.05, 0) is 36.6 Å². The van der Waals surface area contributed by atoms with Gasteiger partial charge in [0.25, 0.3) is 0 Å². The number of nitrogens with one attached hydrogen (secondary N) is 1. The molecule has 2 heterocycles. The second-order valence-electron chi connectivity index (χ2n) is 7.15. The predicted octanol–water partition coefficient (Wildman–Crippen LogP) is 3.55. The molecule has 0 aliphatic rings. The molecule has 0 unspecified atom stereocenters. The van der Waals surface area contributed by atoms with E-state index in [9.17, 15) is 14.7 Å². The highest BCUT2D eigenvalue weighted by atomic mass is 16.4. The topological polar surface area (TPSA) is 92.7 Å². The highest BCUT2D eigenvalue weighted by Crippen LogP contribution is 2.28. The van der Waals surface area contributed by atoms with Crippen LogP contribution in [0.1, 0.15) is 28.3 Å². The SMILES string of the molecule is Cc1coc2cc3oc(=O)c(CC(=O)N[C@H](CO)c4ccccc4)c(C)c3cc12. The summed E-state index contributed by atoms with van der Waals surface area (Å²) in [4.78, 5) is 25.1. The number of aliphatic hydroxyl groups is 1. The fourth-order valence-corrected chi connectivity index (χ4v) is 3.57. The fraction of sp³-hybridized carbons (Fsp3) is 0.217. The zero-order chi connectivity index (χ0) is 20.5. The number of hydrogen-bond acceptors (Lipinski definition) is 5. The third-order valence-electron chi connectivity index (χ3n) is 5.23. The molecule has 0 radical (unpaired) electrons. The largest absolute Gasteiger partial charge is 0.464 e. The summed E-state index contributed by atoms with van der Waals surface area (Å²) in [6.07, 6.45) is 1.53. The van der Waals surface area contributed by atoms with Crippen LogP contribution in [0.4, 0.5) is 0 Å². The Kier molecular flexibility index (Phi) is 4.94. The molecule has 0 saturated carbocycles. The summed E-state index contributed by atoms with van der Waals surface area (Å²) in [5, 5.41) is 14.1. The number of carbonyl (C=O) groups excluding carboxylic acids is 1. The minimum Gasteiger partial charge on any atom is -0.464 e. The van der Waals surface area contributed by atoms with Crippen molar-refractivity contribution in [1.29, 1.82) is 0 Å². The third-order valence-corrected chi connectivity index (χ3v) is 5.23. The number of hydrogen-bond donors (Lipinski definition) is 2. The van der Waals surface area contributed by atoms with Gasteiger partial charge in [0.1, 0.15) is 11.2 Å². The first-order chi connectivity index (χ1) is 14.0. The summed E-state index contributed by atoms with van der Waals surface area (Å²) in [5.41, 5.74) is 3.32. The van der Waals surface area contributed by atoms with Crippen molar-refractivity contribution in [3.8, 4) is 0 Å². The van der Waals surface area contributed by atoms with Crippen LogP contribution in [0.3, 0.4) is 0 Å². The standard InChI is InChI=1S/C23H21NO5/c1-13-12-28-20-10-21-17(8-16(13)20)14(2)18(23(27)29-21)9-22(26)24-19(11-25)15-6-4-3-5-7-15/h3-8,10,12,19,25H,9,11H2,1-2H3,(H,24,26)/t19-/m1/s1. The van der Waals surface area contributed by atoms with Crippen molar-refractivity contribution in [2.24, 2.45) is 0 Å². The molecule has 4 aromatic rings. The van der Waals surface area contributed by atoms with Crippen molar-refractivity contribution in [3.63, 3.8) is 0 Å². The molecule has 148 valence electrons. The molecule has 0 bridgehead atoms. The summed E-state index contributed by atoms with van der Waals surface area (Å²) in [7, 11) is 0. The van der Waals surface area contributed by atoms with Crippen molar-refractivity contribution in [3.05, 3.63) is 81.4 Å². The number of benzene rings is 2. The Morgan fingerprint density at radius 2 is 1.86 bits per heavy atom. The molecule has 1 atom stereocenters. The second-order valence-corrected chi connectivity index (χ2v) is 7.15. The van der Waals surface area contributed by atoms with Crippen LogP contribution in [-0.2, 0) is 11.2 Å². The minimum absolute atomic E-state index is 0.129. The van der Waals surface area contributed by atoms with Crippen molar-refractivity contribution in [2.75, 3.05) is 6.61 Å². The first-order valence-electron chi connectivity index (χ1n) is 9.37. The maximum atomic E-state index is 12.6. The van der Waals surface area contributed by atoms with Crippen molar-refractivity contribution in [2.45, 2.75) is 26.3 Å². The van der Waals surface area contributed by atoms with Gasteiger partial charge in [0.15, 0.2) is 0 Å². The van der Waals surface area contributed by atoms with Crippen LogP contribution in [0.5, 0.6) is 0 Å². The number of rotatable bonds is 5. The van der Waals surface area contributed by atoms with Gasteiger partial charge in [0.2, 0.25) is 5.91 Å². The Bertz CT molecular complexity index is 1250. The Morgan fingerprint density at radius 3 is 2.59 bits per heavy atom. The lowest BCUT2D eigenvalue weighted by Crippen LogP contribution is -2.33. The second kappa shape index (κ2) is 7.56. The maximum absolute atomic E-state index is 12.6. The van der Waals surface area contributed by atoms with Gasteiger partial charge in [-0.3, -0.25) is 4.79 Å². The average molecular weight is 391 g/mol. The Morgan fingerprint density at radius 1 is 1.10 bits per heavy atom. The van der Waals surface area contributed by atoms with E-state index in [0.29, 0.717) is 22.3 Å². The van der Waals surface area contributed by atoms with Gasteiger partial charge in [0.05, 0.1) is 30.9 Å². The van der Waals surface area contributed by atoms with Gasteiger partial charge in [0, 0.05) is 16.8 Å². The zero-order valence-electron chi connectivity index (χ0n) is 16.2. The average Bonchev–Trinajstić information content (AvgIpc) is 3.08. The van der Waals surface area contributed by atoms with Gasteiger partial charge in [-0.1, -0.05) is 30.3 Å². The first-order valence-corrected chi connectivity index (χ1v) is 9.37. The number of carbonyl (C=O) groups is 1. The quantitative estimate of drug-likeness (QED) is 0.508. The molecule has 2 aromatic heterocycles. The summed E-state index contributed by atoms with van der Waals surface area (Å²) in [5.74, 6) is -0.358. The van der Waals surface area contributed by atoms with Gasteiger partial charge >= 0.3 is 5.63 Å². The normalized spacial score (nSPS) is 12.4. The van der Waals surface area contributed by atoms with Crippen LogP contribution in [0.25, 0.3) is 21.9 Å². The zero-order valence-corrected chi connectivity index (χ0v) is 16.2. The Balaban J connectivity index is 1.66. The number of furan rings is 1. The van der Waals surface area contributed by atoms with Gasteiger partial charge < -0.3 is 19.3 Å². The molecule has 0 aliphatic carbocycles. The summed E-state index contributed by atoms with van der Waals surface area (Å²) in [6, 6.07) is 12.3. The molecular formula is C23H21NO5. The predicted molar refractivity (Wildman–Crippen MR) is 110 cm³/mol. The van der Waals surface area contributed by atoms with Crippen molar-refractivity contribution < 1.29 is 18.7 Å². The molecule has 6 nitrogen and oxygen atoms in total. The first kappa shape index (κ1) is 19.0. The van der Waals surface area contributed by atoms with Crippen molar-refractivity contribution >= 4 is 27.8 Å². The Labute approximate surface area is 166 Å². The molecule has 1 amide bonds. The number of fused-ring (bicyclic) bond motifs is 2. The van der Waals surface area contributed by atoms with E-state index in [1.165, 1.54) is 0 Å². The van der Waals surface area contributed by atoms with Crippen molar-refractivity contribution in [1.82, 2.24) is 5.32 Å². The summed E-state index contributed by atoms with van der Waals surface area (Å²) in [6.45, 7) is 3.52. The van der Waals surface area contributed by atoms with E-state index in [4.69, 9.17) is 8.83 Å². The lowest BCUT2D eigenvalue weighted by Gasteiger charge is -2.17. The highest BCUT2D eigenvalue weighted by molar-refractivity contribution is 5.96. The number of aryl methyl sites for hydroxylation is 2. The van der Waals surface area contributed by atoms with E-state index in [2.05, 4.69) is 5.32 Å². The minimum atomic E-state index is -0.548. The smallest absolute Gasteiger partial charge is 0.340 e. The molecular weight excluding hydrogens is 370 g/mol. The molecule has 29 heavy (non-hydrogen) atoms. The fourth-order valence-electron chi connectivity index (χ4n) is 3.57. The van der Waals surface area contributed by atoms with Gasteiger partial charge in [-0.25, -0.2) is 4.79 Å². The molecule has 0 spiro atoms. The van der Waals surface area contributed by atoms with E-state index in [0.717, 1.165) is 21.9 Å². The van der Waals surface area contributed by atoms with Crippen LogP contribution >= 0.6 is 0 Å². The third kappa shape index (κ3) is 3.54.